The number of carbonyl (C=O) groups excluding carboxylic acids is 1. The number of carbonyl (C=O) groups is 1. The first-order chi connectivity index (χ1) is 9.63. The molecule has 0 atom stereocenters. The van der Waals surface area contributed by atoms with Crippen LogP contribution in [-0.2, 0) is 0 Å². The number of aliphatic hydroxyl groups is 1. The lowest BCUT2D eigenvalue weighted by atomic mass is 9.93. The Hall–Kier alpha value is -1.88. The van der Waals surface area contributed by atoms with Crippen LogP contribution in [0.2, 0.25) is 0 Å². The molecular formula is C15H20N2O3. The summed E-state index contributed by atoms with van der Waals surface area (Å²) in [6, 6.07) is 3.66. The predicted molar refractivity (Wildman–Crippen MR) is 77.6 cm³/mol. The first-order valence-corrected chi connectivity index (χ1v) is 6.81. The lowest BCUT2D eigenvalue weighted by Crippen LogP contribution is -2.34. The quantitative estimate of drug-likeness (QED) is 0.639. The van der Waals surface area contributed by atoms with Crippen LogP contribution in [0.1, 0.15) is 48.9 Å². The molecule has 1 fully saturated rings. The fourth-order valence-electron chi connectivity index (χ4n) is 2.42. The highest BCUT2D eigenvalue weighted by atomic mass is 16.3. The van der Waals surface area contributed by atoms with Gasteiger partial charge in [0.15, 0.2) is 12.0 Å². The molecule has 0 aromatic carbocycles. The molecular weight excluding hydrogens is 256 g/mol. The van der Waals surface area contributed by atoms with Crippen molar-refractivity contribution in [3.8, 4) is 0 Å². The van der Waals surface area contributed by atoms with Crippen LogP contribution in [0.5, 0.6) is 0 Å². The smallest absolute Gasteiger partial charge is 0.185 e. The minimum absolute atomic E-state index is 0.182. The minimum Gasteiger partial charge on any atom is -0.454 e. The zero-order valence-electron chi connectivity index (χ0n) is 11.6. The number of hydrogen-bond acceptors (Lipinski definition) is 5. The Balaban J connectivity index is 2.11. The average Bonchev–Trinajstić information content (AvgIpc) is 2.95. The van der Waals surface area contributed by atoms with Crippen LogP contribution in [0, 0.1) is 0 Å². The number of hydrogen-bond donors (Lipinski definition) is 2. The fraction of sp³-hybridized carbons (Fsp3) is 0.467. The van der Waals surface area contributed by atoms with E-state index in [4.69, 9.17) is 4.42 Å². The molecule has 108 valence electrons. The Morgan fingerprint density at radius 2 is 2.15 bits per heavy atom. The van der Waals surface area contributed by atoms with Crippen molar-refractivity contribution in [3.63, 3.8) is 0 Å². The molecule has 0 unspecified atom stereocenters. The SMILES string of the molecule is C=N/C(NC1CCC(O)CC1)=C(\C)c1ccc(C=O)o1. The van der Waals surface area contributed by atoms with Crippen molar-refractivity contribution in [1.82, 2.24) is 5.32 Å². The van der Waals surface area contributed by atoms with E-state index in [0.29, 0.717) is 23.6 Å². The molecule has 2 rings (SSSR count). The molecule has 0 radical (unpaired) electrons. The summed E-state index contributed by atoms with van der Waals surface area (Å²) in [7, 11) is 0. The van der Waals surface area contributed by atoms with Crippen molar-refractivity contribution in [3.05, 3.63) is 29.5 Å². The summed E-state index contributed by atoms with van der Waals surface area (Å²) in [5.41, 5.74) is 0.819. The summed E-state index contributed by atoms with van der Waals surface area (Å²) in [5.74, 6) is 1.57. The molecule has 1 heterocycles. The zero-order valence-corrected chi connectivity index (χ0v) is 11.6. The van der Waals surface area contributed by atoms with Gasteiger partial charge in [-0.3, -0.25) is 4.79 Å². The van der Waals surface area contributed by atoms with E-state index in [0.717, 1.165) is 31.3 Å². The van der Waals surface area contributed by atoms with Gasteiger partial charge in [0.05, 0.1) is 6.10 Å². The first-order valence-electron chi connectivity index (χ1n) is 6.81. The molecule has 1 aromatic heterocycles. The van der Waals surface area contributed by atoms with Gasteiger partial charge >= 0.3 is 0 Å². The Morgan fingerprint density at radius 3 is 2.70 bits per heavy atom. The van der Waals surface area contributed by atoms with Crippen molar-refractivity contribution < 1.29 is 14.3 Å². The van der Waals surface area contributed by atoms with Crippen molar-refractivity contribution in [2.24, 2.45) is 4.99 Å². The van der Waals surface area contributed by atoms with E-state index in [1.54, 1.807) is 12.1 Å². The Bertz CT molecular complexity index is 511. The van der Waals surface area contributed by atoms with E-state index >= 15 is 0 Å². The summed E-state index contributed by atoms with van der Waals surface area (Å²) in [4.78, 5) is 14.7. The number of allylic oxidation sites excluding steroid dienone is 1. The van der Waals surface area contributed by atoms with Gasteiger partial charge in [0.1, 0.15) is 11.6 Å². The number of rotatable bonds is 5. The number of furan rings is 1. The standard InChI is InChI=1S/C15H20N2O3/c1-10(14-8-7-13(9-18)20-14)15(16-2)17-11-3-5-12(19)6-4-11/h7-9,11-12,17,19H,2-6H2,1H3/b15-10-. The van der Waals surface area contributed by atoms with Crippen LogP contribution in [0.15, 0.2) is 27.4 Å². The summed E-state index contributed by atoms with van der Waals surface area (Å²) < 4.78 is 5.39. The molecule has 2 N–H and O–H groups in total. The van der Waals surface area contributed by atoms with Gasteiger partial charge in [-0.2, -0.15) is 0 Å². The lowest BCUT2D eigenvalue weighted by molar-refractivity contribution is 0.110. The summed E-state index contributed by atoms with van der Waals surface area (Å²) in [6.45, 7) is 5.46. The van der Waals surface area contributed by atoms with Gasteiger partial charge in [-0.1, -0.05) is 0 Å². The van der Waals surface area contributed by atoms with Crippen molar-refractivity contribution in [2.75, 3.05) is 0 Å². The van der Waals surface area contributed by atoms with E-state index in [-0.39, 0.29) is 12.1 Å². The van der Waals surface area contributed by atoms with Crippen molar-refractivity contribution in [2.45, 2.75) is 44.8 Å². The second-order valence-corrected chi connectivity index (χ2v) is 5.10. The highest BCUT2D eigenvalue weighted by Gasteiger charge is 2.20. The van der Waals surface area contributed by atoms with Crippen LogP contribution in [0.3, 0.4) is 0 Å². The van der Waals surface area contributed by atoms with Crippen molar-refractivity contribution in [1.29, 1.82) is 0 Å². The van der Waals surface area contributed by atoms with Crippen LogP contribution >= 0.6 is 0 Å². The molecule has 1 saturated carbocycles. The van der Waals surface area contributed by atoms with Crippen LogP contribution in [0.4, 0.5) is 0 Å². The zero-order chi connectivity index (χ0) is 14.5. The van der Waals surface area contributed by atoms with Gasteiger partial charge < -0.3 is 14.8 Å². The van der Waals surface area contributed by atoms with E-state index in [2.05, 4.69) is 17.0 Å². The molecule has 1 aliphatic carbocycles. The maximum Gasteiger partial charge on any atom is 0.185 e. The molecule has 5 nitrogen and oxygen atoms in total. The topological polar surface area (TPSA) is 74.8 Å². The number of nitrogens with zero attached hydrogens (tertiary/aromatic N) is 1. The summed E-state index contributed by atoms with van der Waals surface area (Å²) in [5, 5.41) is 12.9. The van der Waals surface area contributed by atoms with Gasteiger partial charge in [0.25, 0.3) is 0 Å². The van der Waals surface area contributed by atoms with Gasteiger partial charge in [-0.25, -0.2) is 4.99 Å². The third-order valence-corrected chi connectivity index (χ3v) is 3.66. The number of aldehydes is 1. The van der Waals surface area contributed by atoms with Crippen LogP contribution < -0.4 is 5.32 Å². The number of nitrogens with one attached hydrogen (secondary N) is 1. The first kappa shape index (κ1) is 14.5. The molecule has 0 spiro atoms. The van der Waals surface area contributed by atoms with Crippen molar-refractivity contribution >= 4 is 18.6 Å². The molecule has 5 heteroatoms. The normalized spacial score (nSPS) is 23.9. The molecule has 0 bridgehead atoms. The van der Waals surface area contributed by atoms with Gasteiger partial charge in [-0.05, 0) is 51.5 Å². The molecule has 0 amide bonds. The van der Waals surface area contributed by atoms with E-state index < -0.39 is 0 Å². The second-order valence-electron chi connectivity index (χ2n) is 5.10. The fourth-order valence-corrected chi connectivity index (χ4v) is 2.42. The largest absolute Gasteiger partial charge is 0.454 e. The predicted octanol–water partition coefficient (Wildman–Crippen LogP) is 2.37. The number of aliphatic imine (C=N–C) groups is 1. The second kappa shape index (κ2) is 6.52. The molecule has 1 aliphatic rings. The molecule has 0 saturated heterocycles. The van der Waals surface area contributed by atoms with Gasteiger partial charge in [-0.15, -0.1) is 0 Å². The Morgan fingerprint density at radius 1 is 1.45 bits per heavy atom. The Kier molecular flexibility index (Phi) is 4.74. The monoisotopic (exact) mass is 276 g/mol. The van der Waals surface area contributed by atoms with E-state index in [1.807, 2.05) is 6.92 Å². The van der Waals surface area contributed by atoms with E-state index in [9.17, 15) is 9.90 Å². The molecule has 20 heavy (non-hydrogen) atoms. The summed E-state index contributed by atoms with van der Waals surface area (Å²) >= 11 is 0. The Labute approximate surface area is 118 Å². The third-order valence-electron chi connectivity index (χ3n) is 3.66. The average molecular weight is 276 g/mol. The van der Waals surface area contributed by atoms with Gasteiger partial charge in [0, 0.05) is 11.6 Å². The maximum absolute atomic E-state index is 10.6. The van der Waals surface area contributed by atoms with Gasteiger partial charge in [0.2, 0.25) is 0 Å². The van der Waals surface area contributed by atoms with E-state index in [1.165, 1.54) is 0 Å². The number of aliphatic hydroxyl groups excluding tert-OH is 1. The summed E-state index contributed by atoms with van der Waals surface area (Å²) in [6.07, 6.45) is 3.91. The lowest BCUT2D eigenvalue weighted by Gasteiger charge is -2.27. The highest BCUT2D eigenvalue weighted by molar-refractivity contribution is 5.73. The third kappa shape index (κ3) is 3.36. The molecule has 0 aliphatic heterocycles. The van der Waals surface area contributed by atoms with Crippen LogP contribution in [-0.4, -0.2) is 30.3 Å². The minimum atomic E-state index is -0.182. The van der Waals surface area contributed by atoms with Crippen LogP contribution in [0.25, 0.3) is 5.57 Å². The maximum atomic E-state index is 10.6. The highest BCUT2D eigenvalue weighted by Crippen LogP contribution is 2.23. The molecule has 1 aromatic rings.